The van der Waals surface area contributed by atoms with Crippen molar-refractivity contribution in [1.29, 1.82) is 0 Å². The SMILES string of the molecule is CCCN1CCN(c2ccc(Nc3ccc(-c4ccnc(OC)c4)n4ccnc34)cc2)CC1.CCN1CCN(c2ccc(Nc3ccc(-c4ccnc(OC)c4)n4ccnc34)cc2)CC1.CCOCCN1CCN(C(=O)c2ccc(Nc3ccc(-c4ccc5c(c4)CNC5=O)n4ccnc34)cc2)CC1. The Bertz CT molecular complexity index is 4880. The molecular weight excluding hydrogens is 1310 g/mol. The van der Waals surface area contributed by atoms with Crippen molar-refractivity contribution in [2.75, 3.05) is 151 Å². The number of rotatable bonds is 21. The van der Waals surface area contributed by atoms with Gasteiger partial charge in [0.2, 0.25) is 11.8 Å². The number of piperazine rings is 3. The normalized spacial score (nSPS) is 14.9. The van der Waals surface area contributed by atoms with Gasteiger partial charge < -0.3 is 55.1 Å². The van der Waals surface area contributed by atoms with Crippen molar-refractivity contribution in [2.24, 2.45) is 0 Å². The van der Waals surface area contributed by atoms with Crippen LogP contribution in [0.15, 0.2) is 201 Å². The van der Waals surface area contributed by atoms with Crippen molar-refractivity contribution >= 4 is 74.3 Å². The number of carbonyl (C=O) groups is 2. The average molecular weight is 1400 g/mol. The number of ether oxygens (including phenoxy) is 3. The number of carbonyl (C=O) groups excluding carboxylic acids is 2. The number of methoxy groups -OCH3 is 2. The van der Waals surface area contributed by atoms with Crippen LogP contribution in [0, 0.1) is 0 Å². The van der Waals surface area contributed by atoms with Crippen LogP contribution in [0.5, 0.6) is 11.8 Å². The number of pyridine rings is 5. The maximum atomic E-state index is 13.1. The molecule has 4 aliphatic rings. The zero-order chi connectivity index (χ0) is 71.3. The molecule has 4 aliphatic heterocycles. The predicted octanol–water partition coefficient (Wildman–Crippen LogP) is 12.8. The van der Waals surface area contributed by atoms with Crippen molar-refractivity contribution in [1.82, 2.24) is 63.0 Å². The molecule has 23 heteroatoms. The third kappa shape index (κ3) is 16.0. The molecule has 16 rings (SSSR count). The van der Waals surface area contributed by atoms with Gasteiger partial charge in [0.05, 0.1) is 55.0 Å². The molecule has 0 unspecified atom stereocenters. The standard InChI is InChI=1S/C30H32N6O3.C26H30N6O.C25H28N6O/c1-2-39-18-17-34-13-15-35(16-14-34)30(38)21-3-6-24(7-4-21)33-26-9-10-27(36-12-11-31-28(26)36)22-5-8-25-23(19-22)20-32-29(25)37;1-3-13-30-15-17-31(18-16-30)22-6-4-21(5-7-22)29-23-8-9-24(32-14-12-28-26(23)32)20-10-11-27-25(19-20)33-2;1-3-29-14-16-30(17-15-29)21-6-4-20(5-7-21)28-22-8-9-23(31-13-12-27-25(22)31)19-10-11-26-24(18-19)32-2/h3-12,19,33H,2,13-18,20H2,1H3,(H,32,37);4-12,14,19,29H,3,13,15-18H2,1-2H3;4-13,18,28H,3,14-17H2,1-2H3. The zero-order valence-corrected chi connectivity index (χ0v) is 59.8. The molecule has 4 N–H and O–H groups in total. The summed E-state index contributed by atoms with van der Waals surface area (Å²) in [6.07, 6.45) is 16.0. The summed E-state index contributed by atoms with van der Waals surface area (Å²) in [5.74, 6) is 1.23. The van der Waals surface area contributed by atoms with Crippen LogP contribution in [0.1, 0.15) is 53.5 Å². The summed E-state index contributed by atoms with van der Waals surface area (Å²) in [5, 5.41) is 13.4. The van der Waals surface area contributed by atoms with Crippen molar-refractivity contribution in [2.45, 2.75) is 33.7 Å². The van der Waals surface area contributed by atoms with Crippen LogP contribution in [0.3, 0.4) is 0 Å². The summed E-state index contributed by atoms with van der Waals surface area (Å²) >= 11 is 0. The molecule has 534 valence electrons. The Labute approximate surface area is 606 Å². The number of anilines is 8. The van der Waals surface area contributed by atoms with E-state index < -0.39 is 0 Å². The molecular formula is C81H90N18O5. The molecule has 4 aromatic carbocycles. The number of aromatic nitrogens is 8. The minimum atomic E-state index is -0.0208. The fraction of sp³-hybridized carbons (Fsp3) is 0.296. The van der Waals surface area contributed by atoms with Gasteiger partial charge in [-0.1, -0.05) is 19.9 Å². The van der Waals surface area contributed by atoms with Crippen molar-refractivity contribution < 1.29 is 23.8 Å². The van der Waals surface area contributed by atoms with Crippen LogP contribution in [0.4, 0.5) is 45.5 Å². The topological polar surface area (TPSA) is 207 Å². The van der Waals surface area contributed by atoms with Gasteiger partial charge in [-0.3, -0.25) is 32.6 Å². The lowest BCUT2D eigenvalue weighted by Crippen LogP contribution is -2.49. The second-order valence-electron chi connectivity index (χ2n) is 26.1. The van der Waals surface area contributed by atoms with E-state index in [9.17, 15) is 9.59 Å². The molecule has 0 atom stereocenters. The predicted molar refractivity (Wildman–Crippen MR) is 413 cm³/mol. The minimum absolute atomic E-state index is 0.0208. The fourth-order valence-electron chi connectivity index (χ4n) is 14.0. The summed E-state index contributed by atoms with van der Waals surface area (Å²) in [5.41, 5.74) is 19.4. The average Bonchev–Trinajstić information content (AvgIpc) is 1.56. The lowest BCUT2D eigenvalue weighted by Gasteiger charge is -2.36. The van der Waals surface area contributed by atoms with Gasteiger partial charge >= 0.3 is 0 Å². The van der Waals surface area contributed by atoms with E-state index in [2.05, 4.69) is 178 Å². The fourth-order valence-corrected chi connectivity index (χ4v) is 14.0. The lowest BCUT2D eigenvalue weighted by atomic mass is 10.0. The summed E-state index contributed by atoms with van der Waals surface area (Å²) in [6, 6.07) is 51.1. The maximum absolute atomic E-state index is 13.1. The van der Waals surface area contributed by atoms with Crippen molar-refractivity contribution in [3.8, 4) is 45.5 Å². The number of fused-ring (bicyclic) bond motifs is 4. The second kappa shape index (κ2) is 32.7. The molecule has 12 aromatic rings. The minimum Gasteiger partial charge on any atom is -0.481 e. The highest BCUT2D eigenvalue weighted by Gasteiger charge is 2.25. The van der Waals surface area contributed by atoms with Gasteiger partial charge in [0, 0.05) is 211 Å². The number of likely N-dealkylation sites (N-methyl/N-ethyl adjacent to an activating group) is 1. The molecule has 0 bridgehead atoms. The maximum Gasteiger partial charge on any atom is 0.253 e. The van der Waals surface area contributed by atoms with E-state index in [-0.39, 0.29) is 11.8 Å². The lowest BCUT2D eigenvalue weighted by molar-refractivity contribution is 0.0564. The molecule has 0 radical (unpaired) electrons. The molecule has 104 heavy (non-hydrogen) atoms. The summed E-state index contributed by atoms with van der Waals surface area (Å²) in [6.45, 7) is 23.8. The van der Waals surface area contributed by atoms with Gasteiger partial charge in [0.1, 0.15) is 0 Å². The molecule has 0 saturated carbocycles. The van der Waals surface area contributed by atoms with Crippen LogP contribution in [-0.2, 0) is 11.3 Å². The van der Waals surface area contributed by atoms with E-state index in [1.807, 2.05) is 114 Å². The Morgan fingerprint density at radius 3 is 1.36 bits per heavy atom. The Morgan fingerprint density at radius 1 is 0.462 bits per heavy atom. The third-order valence-corrected chi connectivity index (χ3v) is 19.8. The van der Waals surface area contributed by atoms with Crippen LogP contribution in [0.25, 0.3) is 50.7 Å². The quantitative estimate of drug-likeness (QED) is 0.0493. The molecule has 0 aliphatic carbocycles. The summed E-state index contributed by atoms with van der Waals surface area (Å²) < 4.78 is 22.2. The summed E-state index contributed by atoms with van der Waals surface area (Å²) in [7, 11) is 3.26. The van der Waals surface area contributed by atoms with Crippen LogP contribution >= 0.6 is 0 Å². The first-order valence-electron chi connectivity index (χ1n) is 36.1. The monoisotopic (exact) mass is 1390 g/mol. The molecule has 8 aromatic heterocycles. The Balaban J connectivity index is 0.000000132. The van der Waals surface area contributed by atoms with Gasteiger partial charge in [0.15, 0.2) is 16.9 Å². The third-order valence-electron chi connectivity index (χ3n) is 19.8. The van der Waals surface area contributed by atoms with Gasteiger partial charge in [-0.15, -0.1) is 0 Å². The van der Waals surface area contributed by atoms with Gasteiger partial charge in [-0.25, -0.2) is 24.9 Å². The zero-order valence-electron chi connectivity index (χ0n) is 59.8. The highest BCUT2D eigenvalue weighted by atomic mass is 16.5. The van der Waals surface area contributed by atoms with Crippen molar-refractivity contribution in [3.63, 3.8) is 0 Å². The van der Waals surface area contributed by atoms with Gasteiger partial charge in [-0.05, 0) is 171 Å². The summed E-state index contributed by atoms with van der Waals surface area (Å²) in [4.78, 5) is 61.4. The van der Waals surface area contributed by atoms with E-state index >= 15 is 0 Å². The Morgan fingerprint density at radius 2 is 0.904 bits per heavy atom. The smallest absolute Gasteiger partial charge is 0.253 e. The number of hydrogen-bond donors (Lipinski definition) is 4. The molecule has 0 spiro atoms. The van der Waals surface area contributed by atoms with E-state index in [1.165, 1.54) is 24.3 Å². The molecule has 23 nitrogen and oxygen atoms in total. The molecule has 3 fully saturated rings. The molecule has 12 heterocycles. The van der Waals surface area contributed by atoms with Crippen LogP contribution < -0.4 is 40.5 Å². The molecule has 2 amide bonds. The second-order valence-corrected chi connectivity index (χ2v) is 26.1. The first kappa shape index (κ1) is 69.7. The van der Waals surface area contributed by atoms with E-state index in [4.69, 9.17) is 14.2 Å². The number of nitrogens with one attached hydrogen (secondary N) is 4. The molecule has 3 saturated heterocycles. The number of nitrogens with zero attached hydrogens (tertiary/aromatic N) is 14. The largest absolute Gasteiger partial charge is 0.481 e. The Hall–Kier alpha value is -11.4. The van der Waals surface area contributed by atoms with Crippen LogP contribution in [-0.4, -0.2) is 195 Å². The highest BCUT2D eigenvalue weighted by molar-refractivity contribution is 5.99. The Kier molecular flexibility index (Phi) is 21.9. The number of amides is 2. The number of hydrogen-bond acceptors (Lipinski definition) is 18. The number of imidazole rings is 3. The number of benzene rings is 4. The van der Waals surface area contributed by atoms with Gasteiger partial charge in [-0.2, -0.15) is 0 Å². The highest BCUT2D eigenvalue weighted by Crippen LogP contribution is 2.34. The van der Waals surface area contributed by atoms with E-state index in [0.717, 1.165) is 201 Å². The van der Waals surface area contributed by atoms with Crippen molar-refractivity contribution in [3.05, 3.63) is 218 Å². The van der Waals surface area contributed by atoms with Crippen LogP contribution in [0.2, 0.25) is 0 Å². The van der Waals surface area contributed by atoms with Gasteiger partial charge in [0.25, 0.3) is 11.8 Å². The first-order valence-corrected chi connectivity index (χ1v) is 36.1. The van der Waals surface area contributed by atoms with E-state index in [1.54, 1.807) is 32.8 Å². The van der Waals surface area contributed by atoms with E-state index in [0.29, 0.717) is 23.9 Å². The first-order chi connectivity index (χ1) is 51.1.